The van der Waals surface area contributed by atoms with Crippen molar-refractivity contribution >= 4 is 23.9 Å². The van der Waals surface area contributed by atoms with Crippen molar-refractivity contribution in [2.45, 2.75) is 70.7 Å². The van der Waals surface area contributed by atoms with Crippen LogP contribution in [0.3, 0.4) is 0 Å². The third-order valence-electron chi connectivity index (χ3n) is 6.01. The van der Waals surface area contributed by atoms with Gasteiger partial charge in [0.2, 0.25) is 0 Å². The number of nitrogens with zero attached hydrogens (tertiary/aromatic N) is 4. The van der Waals surface area contributed by atoms with Crippen molar-refractivity contribution in [3.05, 3.63) is 29.3 Å². The van der Waals surface area contributed by atoms with Gasteiger partial charge in [0.05, 0.1) is 30.0 Å². The minimum Gasteiger partial charge on any atom is -0.465 e. The largest absolute Gasteiger partial charge is 0.465 e. The van der Waals surface area contributed by atoms with E-state index in [1.807, 2.05) is 0 Å². The fraction of sp³-hybridized carbons (Fsp3) is 0.522. The van der Waals surface area contributed by atoms with Crippen LogP contribution >= 0.6 is 0 Å². The number of pyridine rings is 1. The van der Waals surface area contributed by atoms with Gasteiger partial charge in [0.15, 0.2) is 11.6 Å². The highest BCUT2D eigenvalue weighted by atomic mass is 19.1. The molecule has 2 aromatic rings. The Morgan fingerprint density at radius 1 is 1.23 bits per heavy atom. The molecule has 3 N–H and O–H groups in total. The Hall–Kier alpha value is -3.70. The number of carbonyl (C=O) groups excluding carboxylic acids is 2. The van der Waals surface area contributed by atoms with Crippen LogP contribution in [-0.2, 0) is 18.3 Å². The van der Waals surface area contributed by atoms with Gasteiger partial charge in [-0.3, -0.25) is 9.48 Å². The zero-order valence-corrected chi connectivity index (χ0v) is 20.1. The van der Waals surface area contributed by atoms with E-state index in [2.05, 4.69) is 20.7 Å². The van der Waals surface area contributed by atoms with Crippen molar-refractivity contribution in [3.63, 3.8) is 0 Å². The van der Waals surface area contributed by atoms with E-state index in [1.165, 1.54) is 10.9 Å². The number of aromatic nitrogens is 3. The lowest BCUT2D eigenvalue weighted by Gasteiger charge is -2.34. The molecule has 35 heavy (non-hydrogen) atoms. The maximum atomic E-state index is 15.6. The second-order valence-corrected chi connectivity index (χ2v) is 9.84. The van der Waals surface area contributed by atoms with Gasteiger partial charge >= 0.3 is 12.2 Å². The van der Waals surface area contributed by atoms with E-state index in [1.54, 1.807) is 34.0 Å². The van der Waals surface area contributed by atoms with Crippen molar-refractivity contribution < 1.29 is 28.6 Å². The van der Waals surface area contributed by atoms with Gasteiger partial charge in [-0.25, -0.2) is 23.9 Å². The van der Waals surface area contributed by atoms with Crippen LogP contribution < -0.4 is 10.6 Å². The Kier molecular flexibility index (Phi) is 6.39. The number of anilines is 1. The van der Waals surface area contributed by atoms with Crippen LogP contribution in [0, 0.1) is 5.82 Å². The fourth-order valence-electron chi connectivity index (χ4n) is 4.47. The second-order valence-electron chi connectivity index (χ2n) is 9.84. The van der Waals surface area contributed by atoms with E-state index in [4.69, 9.17) is 4.74 Å². The van der Waals surface area contributed by atoms with Crippen molar-refractivity contribution in [2.75, 3.05) is 5.32 Å². The number of hydrogen-bond donors (Lipinski definition) is 3. The second kappa shape index (κ2) is 9.16. The number of rotatable bonds is 4. The topological polar surface area (TPSA) is 139 Å². The number of nitrogens with one attached hydrogen (secondary N) is 2. The monoisotopic (exact) mass is 488 g/mol. The normalized spacial score (nSPS) is 19.9. The van der Waals surface area contributed by atoms with Crippen LogP contribution in [0.2, 0.25) is 0 Å². The number of carbonyl (C=O) groups is 3. The predicted molar refractivity (Wildman–Crippen MR) is 123 cm³/mol. The first kappa shape index (κ1) is 24.4. The van der Waals surface area contributed by atoms with E-state index in [0.29, 0.717) is 23.3 Å². The molecule has 3 heterocycles. The van der Waals surface area contributed by atoms with Gasteiger partial charge in [0.1, 0.15) is 5.60 Å². The van der Waals surface area contributed by atoms with Gasteiger partial charge < -0.3 is 20.5 Å². The van der Waals surface area contributed by atoms with Gasteiger partial charge in [-0.2, -0.15) is 5.10 Å². The molecule has 0 bridgehead atoms. The van der Waals surface area contributed by atoms with Gasteiger partial charge in [-0.05, 0) is 33.6 Å². The van der Waals surface area contributed by atoms with Gasteiger partial charge in [0, 0.05) is 30.4 Å². The summed E-state index contributed by atoms with van der Waals surface area (Å²) >= 11 is 0. The van der Waals surface area contributed by atoms with Crippen LogP contribution in [0.4, 0.5) is 19.8 Å². The lowest BCUT2D eigenvalue weighted by Crippen LogP contribution is -2.50. The number of halogens is 1. The van der Waals surface area contributed by atoms with Crippen LogP contribution in [0.5, 0.6) is 0 Å². The Bertz CT molecular complexity index is 1170. The number of imide groups is 1. The van der Waals surface area contributed by atoms with Crippen LogP contribution in [-0.4, -0.2) is 60.5 Å². The summed E-state index contributed by atoms with van der Waals surface area (Å²) in [6.07, 6.45) is 4.16. The molecule has 11 nitrogen and oxygen atoms in total. The Morgan fingerprint density at radius 3 is 2.51 bits per heavy atom. The van der Waals surface area contributed by atoms with Gasteiger partial charge in [-0.1, -0.05) is 12.8 Å². The maximum Gasteiger partial charge on any atom is 0.414 e. The van der Waals surface area contributed by atoms with Crippen molar-refractivity contribution in [2.24, 2.45) is 7.05 Å². The number of carboxylic acid groups (broad SMARTS) is 1. The summed E-state index contributed by atoms with van der Waals surface area (Å²) in [7, 11) is 1.69. The SMILES string of the molecule is Cn1cc(-c2nc(N[C@@H]3CCCC[C@@H]3NC(=O)OC(C)(C)C)c(F)c3c2C(=O)N(C(=O)O)C3)cn1. The number of aryl methyl sites for hydroxylation is 1. The van der Waals surface area contributed by atoms with E-state index in [0.717, 1.165) is 12.8 Å². The molecule has 2 atom stereocenters. The molecular formula is C23H29FN6O5. The van der Waals surface area contributed by atoms with E-state index in [9.17, 15) is 19.5 Å². The molecule has 1 saturated carbocycles. The zero-order valence-electron chi connectivity index (χ0n) is 20.1. The summed E-state index contributed by atoms with van der Waals surface area (Å²) in [5.74, 6) is -1.72. The Balaban J connectivity index is 1.68. The molecule has 1 aliphatic carbocycles. The minimum absolute atomic E-state index is 0.0405. The summed E-state index contributed by atoms with van der Waals surface area (Å²) < 4.78 is 22.5. The number of alkyl carbamates (subject to hydrolysis) is 1. The molecule has 0 unspecified atom stereocenters. The summed E-state index contributed by atoms with van der Waals surface area (Å²) in [4.78, 5) is 41.7. The molecule has 0 spiro atoms. The molecule has 1 fully saturated rings. The Labute approximate surface area is 201 Å². The lowest BCUT2D eigenvalue weighted by atomic mass is 9.90. The van der Waals surface area contributed by atoms with Crippen molar-refractivity contribution in [1.82, 2.24) is 25.0 Å². The van der Waals surface area contributed by atoms with Crippen LogP contribution in [0.1, 0.15) is 62.4 Å². The van der Waals surface area contributed by atoms with Crippen molar-refractivity contribution in [1.29, 1.82) is 0 Å². The van der Waals surface area contributed by atoms with Crippen LogP contribution in [0.15, 0.2) is 12.4 Å². The average molecular weight is 489 g/mol. The molecule has 3 amide bonds. The molecule has 0 aromatic carbocycles. The standard InChI is InChI=1S/C23H29FN6O5/c1-23(2,3)35-21(32)27-15-8-6-5-7-14(15)26-19-17(24)13-11-30(22(33)34)20(31)16(13)18(28-19)12-9-25-29(4)10-12/h9-10,14-15H,5-8,11H2,1-4H3,(H,26,28)(H,27,32)(H,33,34)/t14-,15+/m1/s1. The number of fused-ring (bicyclic) bond motifs is 1. The summed E-state index contributed by atoms with van der Waals surface area (Å²) in [6.45, 7) is 4.90. The first-order valence-electron chi connectivity index (χ1n) is 11.5. The molecule has 2 aliphatic rings. The van der Waals surface area contributed by atoms with Gasteiger partial charge in [-0.15, -0.1) is 0 Å². The molecule has 0 saturated heterocycles. The fourth-order valence-corrected chi connectivity index (χ4v) is 4.47. The smallest absolute Gasteiger partial charge is 0.414 e. The summed E-state index contributed by atoms with van der Waals surface area (Å²) in [5.41, 5.74) is -0.175. The zero-order chi connectivity index (χ0) is 25.5. The predicted octanol–water partition coefficient (Wildman–Crippen LogP) is 3.50. The van der Waals surface area contributed by atoms with Gasteiger partial charge in [0.25, 0.3) is 5.91 Å². The molecule has 0 radical (unpaired) electrons. The summed E-state index contributed by atoms with van der Waals surface area (Å²) in [5, 5.41) is 19.5. The summed E-state index contributed by atoms with van der Waals surface area (Å²) in [6, 6.07) is -0.669. The number of ether oxygens (including phenoxy) is 1. The highest BCUT2D eigenvalue weighted by Gasteiger charge is 2.39. The number of hydrogen-bond acceptors (Lipinski definition) is 7. The lowest BCUT2D eigenvalue weighted by molar-refractivity contribution is 0.0488. The third-order valence-corrected chi connectivity index (χ3v) is 6.01. The van der Waals surface area contributed by atoms with E-state index < -0.39 is 36.1 Å². The quantitative estimate of drug-likeness (QED) is 0.594. The molecule has 1 aliphatic heterocycles. The van der Waals surface area contributed by atoms with Crippen molar-refractivity contribution in [3.8, 4) is 11.3 Å². The minimum atomic E-state index is -1.47. The van der Waals surface area contributed by atoms with E-state index >= 15 is 4.39 Å². The Morgan fingerprint density at radius 2 is 1.91 bits per heavy atom. The first-order valence-corrected chi connectivity index (χ1v) is 11.5. The highest BCUT2D eigenvalue weighted by molar-refractivity contribution is 6.10. The first-order chi connectivity index (χ1) is 16.4. The third kappa shape index (κ3) is 5.05. The molecule has 188 valence electrons. The highest BCUT2D eigenvalue weighted by Crippen LogP contribution is 2.36. The van der Waals surface area contributed by atoms with E-state index in [-0.39, 0.29) is 34.7 Å². The maximum absolute atomic E-state index is 15.6. The molecule has 4 rings (SSSR count). The molecule has 2 aromatic heterocycles. The number of amides is 3. The average Bonchev–Trinajstić information content (AvgIpc) is 3.34. The molecular weight excluding hydrogens is 459 g/mol. The molecule has 12 heteroatoms. The van der Waals surface area contributed by atoms with Crippen LogP contribution in [0.25, 0.3) is 11.3 Å².